The number of aliphatic hydroxyl groups is 5. The lowest BCUT2D eigenvalue weighted by molar-refractivity contribution is -0.220. The first kappa shape index (κ1) is 49.1. The Morgan fingerprint density at radius 3 is 1.62 bits per heavy atom. The Bertz CT molecular complexity index is 1110. The highest BCUT2D eigenvalue weighted by Gasteiger charge is 2.51. The van der Waals surface area contributed by atoms with Crippen molar-refractivity contribution >= 4 is 13.8 Å². The molecule has 0 aromatic carbocycles. The van der Waals surface area contributed by atoms with Gasteiger partial charge >= 0.3 is 13.8 Å². The third kappa shape index (κ3) is 24.2. The topological polar surface area (TPSA) is 192 Å². The summed E-state index contributed by atoms with van der Waals surface area (Å²) in [6, 6.07) is 0. The fourth-order valence-corrected chi connectivity index (χ4v) is 6.48. The van der Waals surface area contributed by atoms with Gasteiger partial charge in [0.25, 0.3) is 0 Å². The summed E-state index contributed by atoms with van der Waals surface area (Å²) in [7, 11) is -5.02. The van der Waals surface area contributed by atoms with Gasteiger partial charge in [-0.15, -0.1) is 0 Å². The van der Waals surface area contributed by atoms with E-state index in [0.717, 1.165) is 51.4 Å². The number of hydrogen-bond donors (Lipinski definition) is 6. The van der Waals surface area contributed by atoms with Gasteiger partial charge in [-0.3, -0.25) is 13.8 Å². The average molecular weight is 773 g/mol. The van der Waals surface area contributed by atoms with Gasteiger partial charge in [0.05, 0.1) is 13.2 Å². The Balaban J connectivity index is 2.51. The second-order valence-corrected chi connectivity index (χ2v) is 14.8. The van der Waals surface area contributed by atoms with E-state index in [0.29, 0.717) is 19.4 Å². The van der Waals surface area contributed by atoms with Gasteiger partial charge in [-0.05, 0) is 51.4 Å². The van der Waals surface area contributed by atoms with Gasteiger partial charge in [0.1, 0.15) is 42.7 Å². The fraction of sp³-hybridized carbons (Fsp3) is 0.725. The predicted molar refractivity (Wildman–Crippen MR) is 207 cm³/mol. The molecular weight excluding hydrogens is 703 g/mol. The van der Waals surface area contributed by atoms with Gasteiger partial charge in [0.15, 0.2) is 0 Å². The van der Waals surface area contributed by atoms with Crippen LogP contribution in [0.1, 0.15) is 123 Å². The molecule has 0 spiro atoms. The maximum atomic E-state index is 12.7. The van der Waals surface area contributed by atoms with Crippen LogP contribution in [0, 0.1) is 0 Å². The molecule has 1 aliphatic carbocycles. The van der Waals surface area contributed by atoms with E-state index in [1.807, 2.05) is 12.2 Å². The number of phosphoric acid groups is 1. The molecule has 1 saturated carbocycles. The molecule has 12 nitrogen and oxygen atoms in total. The molecule has 0 bridgehead atoms. The van der Waals surface area contributed by atoms with Crippen LogP contribution in [0.4, 0.5) is 0 Å². The molecule has 53 heavy (non-hydrogen) atoms. The molecule has 6 unspecified atom stereocenters. The van der Waals surface area contributed by atoms with Gasteiger partial charge in [-0.2, -0.15) is 0 Å². The molecule has 1 fully saturated rings. The number of rotatable bonds is 31. The second kappa shape index (κ2) is 31.3. The van der Waals surface area contributed by atoms with Gasteiger partial charge < -0.3 is 39.9 Å². The van der Waals surface area contributed by atoms with Crippen molar-refractivity contribution in [1.29, 1.82) is 0 Å². The third-order valence-electron chi connectivity index (χ3n) is 8.65. The van der Waals surface area contributed by atoms with Crippen molar-refractivity contribution in [2.24, 2.45) is 0 Å². The molecule has 0 aliphatic heterocycles. The van der Waals surface area contributed by atoms with Crippen LogP contribution in [0.2, 0.25) is 0 Å². The SMILES string of the molecule is CC/C=C\C/C=C\C/C=C\C/C=C\C/C=C\CCCC(=O)OC(COCCCCCCCCCCC)COP(=O)(O)OC1C(O)C(O)C(O)C(O)C1O. The highest BCUT2D eigenvalue weighted by Crippen LogP contribution is 2.47. The van der Waals surface area contributed by atoms with E-state index in [1.54, 1.807) is 0 Å². The van der Waals surface area contributed by atoms with Crippen LogP contribution in [0.15, 0.2) is 60.8 Å². The molecule has 0 radical (unpaired) electrons. The van der Waals surface area contributed by atoms with Crippen molar-refractivity contribution in [1.82, 2.24) is 0 Å². The smallest absolute Gasteiger partial charge is 0.457 e. The summed E-state index contributed by atoms with van der Waals surface area (Å²) in [6.07, 6.45) is 24.6. The van der Waals surface area contributed by atoms with E-state index in [4.69, 9.17) is 18.5 Å². The Morgan fingerprint density at radius 2 is 1.09 bits per heavy atom. The minimum Gasteiger partial charge on any atom is -0.457 e. The first-order chi connectivity index (χ1) is 25.5. The van der Waals surface area contributed by atoms with Crippen LogP contribution in [-0.2, 0) is 27.9 Å². The van der Waals surface area contributed by atoms with Crippen LogP contribution >= 0.6 is 7.82 Å². The summed E-state index contributed by atoms with van der Waals surface area (Å²) in [5.41, 5.74) is 0. The molecule has 1 rings (SSSR count). The molecular formula is C40H69O12P. The molecule has 6 N–H and O–H groups in total. The summed E-state index contributed by atoms with van der Waals surface area (Å²) in [4.78, 5) is 23.0. The van der Waals surface area contributed by atoms with Crippen LogP contribution in [-0.4, -0.2) is 98.9 Å². The molecule has 306 valence electrons. The maximum absolute atomic E-state index is 12.7. The van der Waals surface area contributed by atoms with Gasteiger partial charge in [0.2, 0.25) is 0 Å². The lowest BCUT2D eigenvalue weighted by Gasteiger charge is -2.41. The minimum absolute atomic E-state index is 0.101. The average Bonchev–Trinajstić information content (AvgIpc) is 3.14. The van der Waals surface area contributed by atoms with Crippen molar-refractivity contribution in [3.05, 3.63) is 60.8 Å². The van der Waals surface area contributed by atoms with Crippen LogP contribution in [0.5, 0.6) is 0 Å². The zero-order valence-electron chi connectivity index (χ0n) is 32.0. The van der Waals surface area contributed by atoms with E-state index in [-0.39, 0.29) is 13.0 Å². The van der Waals surface area contributed by atoms with Crippen LogP contribution < -0.4 is 0 Å². The number of allylic oxidation sites excluding steroid dienone is 10. The van der Waals surface area contributed by atoms with E-state index in [2.05, 4.69) is 62.5 Å². The number of unbranched alkanes of at least 4 members (excludes halogenated alkanes) is 9. The van der Waals surface area contributed by atoms with Crippen LogP contribution in [0.3, 0.4) is 0 Å². The second-order valence-electron chi connectivity index (χ2n) is 13.4. The highest BCUT2D eigenvalue weighted by molar-refractivity contribution is 7.47. The standard InChI is InChI=1S/C40H69O12P/c1-3-5-7-9-11-13-14-15-16-17-18-19-20-21-23-25-27-29-34(41)51-33(31-49-30-28-26-24-22-12-10-8-6-4-2)32-50-53(47,48)52-40-38(45)36(43)35(42)37(44)39(40)46/h5,7,11,13,15-16,18-19,21,23,33,35-40,42-46H,3-4,6,8-10,12,14,17,20,22,24-32H2,1-2H3,(H,47,48)/b7-5-,13-11-,16-15-,19-18-,23-21-. The number of carbonyl (C=O) groups is 1. The number of aliphatic hydroxyl groups excluding tert-OH is 5. The maximum Gasteiger partial charge on any atom is 0.472 e. The highest BCUT2D eigenvalue weighted by atomic mass is 31.2. The summed E-state index contributed by atoms with van der Waals surface area (Å²) < 4.78 is 33.9. The van der Waals surface area contributed by atoms with Gasteiger partial charge in [-0.1, -0.05) is 126 Å². The Morgan fingerprint density at radius 1 is 0.623 bits per heavy atom. The minimum atomic E-state index is -5.02. The van der Waals surface area contributed by atoms with Crippen molar-refractivity contribution < 1.29 is 58.3 Å². The zero-order chi connectivity index (χ0) is 39.2. The molecule has 0 aromatic rings. The van der Waals surface area contributed by atoms with Crippen LogP contribution in [0.25, 0.3) is 0 Å². The van der Waals surface area contributed by atoms with E-state index < -0.39 is 63.1 Å². The Hall–Kier alpha value is -1.96. The first-order valence-corrected chi connectivity index (χ1v) is 21.1. The normalized spacial score (nSPS) is 24.3. The quantitative estimate of drug-likeness (QED) is 0.0190. The largest absolute Gasteiger partial charge is 0.472 e. The lowest BCUT2D eigenvalue weighted by Crippen LogP contribution is -2.64. The third-order valence-corrected chi connectivity index (χ3v) is 9.64. The van der Waals surface area contributed by atoms with Crippen molar-refractivity contribution in [2.75, 3.05) is 19.8 Å². The number of esters is 1. The molecule has 6 atom stereocenters. The monoisotopic (exact) mass is 772 g/mol. The molecule has 1 aliphatic rings. The number of phosphoric ester groups is 1. The first-order valence-electron chi connectivity index (χ1n) is 19.6. The molecule has 0 amide bonds. The summed E-state index contributed by atoms with van der Waals surface area (Å²) in [6.45, 7) is 4.02. The summed E-state index contributed by atoms with van der Waals surface area (Å²) in [5, 5.41) is 49.9. The molecule has 13 heteroatoms. The number of carbonyl (C=O) groups excluding carboxylic acids is 1. The van der Waals surface area contributed by atoms with Gasteiger partial charge in [0, 0.05) is 13.0 Å². The van der Waals surface area contributed by atoms with Gasteiger partial charge in [-0.25, -0.2) is 4.57 Å². The zero-order valence-corrected chi connectivity index (χ0v) is 32.9. The van der Waals surface area contributed by atoms with Crippen molar-refractivity contribution in [2.45, 2.75) is 166 Å². The Kier molecular flexibility index (Phi) is 28.9. The van der Waals surface area contributed by atoms with Crippen molar-refractivity contribution in [3.63, 3.8) is 0 Å². The summed E-state index contributed by atoms with van der Waals surface area (Å²) in [5.74, 6) is -0.537. The van der Waals surface area contributed by atoms with E-state index in [1.165, 1.54) is 38.5 Å². The lowest BCUT2D eigenvalue weighted by atomic mass is 9.85. The molecule has 0 heterocycles. The predicted octanol–water partition coefficient (Wildman–Crippen LogP) is 6.69. The van der Waals surface area contributed by atoms with E-state index >= 15 is 0 Å². The summed E-state index contributed by atoms with van der Waals surface area (Å²) >= 11 is 0. The molecule has 0 saturated heterocycles. The van der Waals surface area contributed by atoms with Crippen molar-refractivity contribution in [3.8, 4) is 0 Å². The Labute approximate surface area is 317 Å². The number of hydrogen-bond acceptors (Lipinski definition) is 11. The molecule has 0 aromatic heterocycles. The fourth-order valence-electron chi connectivity index (χ4n) is 5.51. The number of ether oxygens (including phenoxy) is 2. The van der Waals surface area contributed by atoms with E-state index in [9.17, 15) is 39.8 Å².